The van der Waals surface area contributed by atoms with E-state index in [-0.39, 0.29) is 18.9 Å². The molecule has 2 N–H and O–H groups in total. The van der Waals surface area contributed by atoms with Crippen molar-refractivity contribution in [2.45, 2.75) is 26.1 Å². The molecule has 172 valence electrons. The third-order valence-corrected chi connectivity index (χ3v) is 5.14. The molecule has 0 aliphatic heterocycles. The molecule has 0 unspecified atom stereocenters. The highest BCUT2D eigenvalue weighted by molar-refractivity contribution is 6.33. The first-order valence-corrected chi connectivity index (χ1v) is 10.7. The largest absolute Gasteiger partial charge is 0.481 e. The smallest absolute Gasteiger partial charge is 0.306 e. The highest BCUT2D eigenvalue weighted by Crippen LogP contribution is 2.29. The maximum Gasteiger partial charge on any atom is 0.306 e. The van der Waals surface area contributed by atoms with Gasteiger partial charge in [0.05, 0.1) is 12.5 Å². The predicted octanol–water partition coefficient (Wildman–Crippen LogP) is 4.29. The maximum absolute atomic E-state index is 11.7. The second kappa shape index (κ2) is 11.4. The number of amides is 1. The van der Waals surface area contributed by atoms with Crippen LogP contribution in [0.4, 0.5) is 0 Å². The minimum atomic E-state index is -0.939. The van der Waals surface area contributed by atoms with Gasteiger partial charge in [0.25, 0.3) is 5.91 Å². The number of carbonyl (C=O) groups is 2. The van der Waals surface area contributed by atoms with Gasteiger partial charge in [-0.2, -0.15) is 0 Å². The third kappa shape index (κ3) is 6.50. The van der Waals surface area contributed by atoms with Gasteiger partial charge in [0.1, 0.15) is 12.3 Å². The summed E-state index contributed by atoms with van der Waals surface area (Å²) >= 11 is 6.37. The maximum atomic E-state index is 11.7. The summed E-state index contributed by atoms with van der Waals surface area (Å²) in [4.78, 5) is 31.2. The Labute approximate surface area is 196 Å². The van der Waals surface area contributed by atoms with Crippen LogP contribution in [0.25, 0.3) is 11.1 Å². The number of hydrogen-bond acceptors (Lipinski definition) is 6. The van der Waals surface area contributed by atoms with Crippen molar-refractivity contribution in [3.8, 4) is 17.0 Å². The van der Waals surface area contributed by atoms with Crippen LogP contribution in [0.5, 0.6) is 5.88 Å². The molecule has 0 aliphatic carbocycles. The number of ether oxygens (including phenoxy) is 2. The molecule has 2 aromatic heterocycles. The molecular formula is C24H24ClN3O5. The van der Waals surface area contributed by atoms with Gasteiger partial charge >= 0.3 is 5.97 Å². The van der Waals surface area contributed by atoms with Crippen LogP contribution >= 0.6 is 11.6 Å². The number of aliphatic carboxylic acids is 1. The molecule has 0 spiro atoms. The summed E-state index contributed by atoms with van der Waals surface area (Å²) in [5.74, 6) is -0.799. The molecule has 33 heavy (non-hydrogen) atoms. The molecule has 1 aromatic carbocycles. The summed E-state index contributed by atoms with van der Waals surface area (Å²) < 4.78 is 11.3. The highest BCUT2D eigenvalue weighted by Gasteiger charge is 2.16. The predicted molar refractivity (Wildman–Crippen MR) is 123 cm³/mol. The van der Waals surface area contributed by atoms with Crippen molar-refractivity contribution in [2.75, 3.05) is 13.7 Å². The summed E-state index contributed by atoms with van der Waals surface area (Å²) in [6, 6.07) is 12.4. The standard InChI is InChI=1S/C24H24ClN3O5/c1-3-32-21(11-23(29)30)17-6-9-22(28-13-17)33-14-15-4-7-19(25)18(10-15)16-5-8-20(27-12-16)24(31)26-2/h4-10,12-13,21H,3,11,14H2,1-2H3,(H,26,31)(H,29,30)/t21-/m0/s1. The summed E-state index contributed by atoms with van der Waals surface area (Å²) in [5.41, 5.74) is 3.41. The van der Waals surface area contributed by atoms with Crippen molar-refractivity contribution in [2.24, 2.45) is 0 Å². The number of nitrogens with zero attached hydrogens (tertiary/aromatic N) is 2. The van der Waals surface area contributed by atoms with E-state index in [1.165, 1.54) is 0 Å². The van der Waals surface area contributed by atoms with E-state index in [1.807, 2.05) is 19.1 Å². The van der Waals surface area contributed by atoms with E-state index in [9.17, 15) is 9.59 Å². The molecule has 3 aromatic rings. The minimum Gasteiger partial charge on any atom is -0.481 e. The number of nitrogens with one attached hydrogen (secondary N) is 1. The van der Waals surface area contributed by atoms with Crippen LogP contribution in [0.1, 0.15) is 41.1 Å². The molecule has 1 amide bonds. The zero-order valence-electron chi connectivity index (χ0n) is 18.2. The number of carboxylic acids is 1. The number of carbonyl (C=O) groups excluding carboxylic acids is 1. The lowest BCUT2D eigenvalue weighted by Gasteiger charge is -2.15. The number of pyridine rings is 2. The Balaban J connectivity index is 1.69. The van der Waals surface area contributed by atoms with Gasteiger partial charge in [-0.15, -0.1) is 0 Å². The van der Waals surface area contributed by atoms with E-state index in [2.05, 4.69) is 15.3 Å². The van der Waals surface area contributed by atoms with Crippen molar-refractivity contribution in [3.63, 3.8) is 0 Å². The van der Waals surface area contributed by atoms with Gasteiger partial charge in [-0.3, -0.25) is 14.6 Å². The van der Waals surface area contributed by atoms with E-state index in [0.717, 1.165) is 16.7 Å². The zero-order chi connectivity index (χ0) is 23.8. The van der Waals surface area contributed by atoms with Crippen LogP contribution in [0.3, 0.4) is 0 Å². The summed E-state index contributed by atoms with van der Waals surface area (Å²) in [6.07, 6.45) is 2.47. The molecule has 0 saturated heterocycles. The van der Waals surface area contributed by atoms with Gasteiger partial charge in [0.2, 0.25) is 5.88 Å². The average Bonchev–Trinajstić information content (AvgIpc) is 2.83. The second-order valence-electron chi connectivity index (χ2n) is 7.09. The van der Waals surface area contributed by atoms with Gasteiger partial charge in [0, 0.05) is 48.3 Å². The Bertz CT molecular complexity index is 1100. The lowest BCUT2D eigenvalue weighted by Crippen LogP contribution is -2.18. The van der Waals surface area contributed by atoms with Crippen molar-refractivity contribution >= 4 is 23.5 Å². The van der Waals surface area contributed by atoms with E-state index in [4.69, 9.17) is 26.2 Å². The van der Waals surface area contributed by atoms with E-state index in [1.54, 1.807) is 49.8 Å². The number of rotatable bonds is 10. The molecule has 0 aliphatic rings. The van der Waals surface area contributed by atoms with Crippen LogP contribution < -0.4 is 10.1 Å². The number of hydrogen-bond donors (Lipinski definition) is 2. The van der Waals surface area contributed by atoms with Crippen LogP contribution in [-0.4, -0.2) is 40.6 Å². The number of halogens is 1. The van der Waals surface area contributed by atoms with Gasteiger partial charge in [-0.25, -0.2) is 4.98 Å². The van der Waals surface area contributed by atoms with E-state index in [0.29, 0.717) is 28.8 Å². The number of benzene rings is 1. The first-order valence-electron chi connectivity index (χ1n) is 10.3. The fourth-order valence-corrected chi connectivity index (χ4v) is 3.38. The van der Waals surface area contributed by atoms with Gasteiger partial charge in [0.15, 0.2) is 0 Å². The molecule has 9 heteroatoms. The lowest BCUT2D eigenvalue weighted by molar-refractivity contribution is -0.140. The monoisotopic (exact) mass is 469 g/mol. The Kier molecular flexibility index (Phi) is 8.34. The second-order valence-corrected chi connectivity index (χ2v) is 7.49. The Morgan fingerprint density at radius 1 is 1.12 bits per heavy atom. The van der Waals surface area contributed by atoms with E-state index >= 15 is 0 Å². The zero-order valence-corrected chi connectivity index (χ0v) is 19.0. The first kappa shape index (κ1) is 24.2. The van der Waals surface area contributed by atoms with Crippen molar-refractivity contribution in [1.29, 1.82) is 0 Å². The highest BCUT2D eigenvalue weighted by atomic mass is 35.5. The topological polar surface area (TPSA) is 111 Å². The fraction of sp³-hybridized carbons (Fsp3) is 0.250. The van der Waals surface area contributed by atoms with Gasteiger partial charge in [-0.05, 0) is 42.3 Å². The normalized spacial score (nSPS) is 11.6. The van der Waals surface area contributed by atoms with Crippen molar-refractivity contribution in [3.05, 3.63) is 76.7 Å². The number of carboxylic acid groups (broad SMARTS) is 1. The Morgan fingerprint density at radius 3 is 2.55 bits per heavy atom. The molecular weight excluding hydrogens is 446 g/mol. The Hall–Kier alpha value is -3.49. The van der Waals surface area contributed by atoms with Crippen LogP contribution in [0, 0.1) is 0 Å². The van der Waals surface area contributed by atoms with Crippen LogP contribution in [0.15, 0.2) is 54.9 Å². The lowest BCUT2D eigenvalue weighted by atomic mass is 10.0. The summed E-state index contributed by atoms with van der Waals surface area (Å²) in [5, 5.41) is 12.1. The molecule has 8 nitrogen and oxygen atoms in total. The molecule has 0 bridgehead atoms. The summed E-state index contributed by atoms with van der Waals surface area (Å²) in [6.45, 7) is 2.47. The molecule has 0 radical (unpaired) electrons. The molecule has 0 saturated carbocycles. The average molecular weight is 470 g/mol. The van der Waals surface area contributed by atoms with Gasteiger partial charge in [-0.1, -0.05) is 23.7 Å². The molecule has 2 heterocycles. The van der Waals surface area contributed by atoms with Crippen molar-refractivity contribution < 1.29 is 24.2 Å². The first-order chi connectivity index (χ1) is 15.9. The molecule has 3 rings (SSSR count). The quantitative estimate of drug-likeness (QED) is 0.455. The Morgan fingerprint density at radius 2 is 1.94 bits per heavy atom. The fourth-order valence-electron chi connectivity index (χ4n) is 3.16. The SMILES string of the molecule is CCO[C@@H](CC(=O)O)c1ccc(OCc2ccc(Cl)c(-c3ccc(C(=O)NC)nc3)c2)nc1. The van der Waals surface area contributed by atoms with Crippen molar-refractivity contribution in [1.82, 2.24) is 15.3 Å². The van der Waals surface area contributed by atoms with Crippen LogP contribution in [-0.2, 0) is 16.1 Å². The third-order valence-electron chi connectivity index (χ3n) is 4.81. The number of aromatic nitrogens is 2. The van der Waals surface area contributed by atoms with E-state index < -0.39 is 12.1 Å². The summed E-state index contributed by atoms with van der Waals surface area (Å²) in [7, 11) is 1.55. The molecule has 0 fully saturated rings. The molecule has 1 atom stereocenters. The van der Waals surface area contributed by atoms with Gasteiger partial charge < -0.3 is 19.9 Å². The van der Waals surface area contributed by atoms with Crippen LogP contribution in [0.2, 0.25) is 5.02 Å². The minimum absolute atomic E-state index is 0.137.